The van der Waals surface area contributed by atoms with E-state index in [1.807, 2.05) is 0 Å². The van der Waals surface area contributed by atoms with Crippen LogP contribution < -0.4 is 5.32 Å². The smallest absolute Gasteiger partial charge is 0.338 e. The Balaban J connectivity index is 1.82. The molecule has 0 aliphatic carbocycles. The molecule has 0 unspecified atom stereocenters. The van der Waals surface area contributed by atoms with Crippen molar-refractivity contribution in [2.45, 2.75) is 25.5 Å². The molecule has 20 heavy (non-hydrogen) atoms. The van der Waals surface area contributed by atoms with E-state index in [-0.39, 0.29) is 12.5 Å². The molecule has 0 radical (unpaired) electrons. The zero-order valence-corrected chi connectivity index (χ0v) is 11.0. The van der Waals surface area contributed by atoms with E-state index in [2.05, 4.69) is 5.32 Å². The van der Waals surface area contributed by atoms with Crippen molar-refractivity contribution in [3.63, 3.8) is 0 Å². The molecule has 2 rings (SSSR count). The maximum atomic E-state index is 11.7. The molecule has 1 aromatic rings. The lowest BCUT2D eigenvalue weighted by atomic mass is 10.2. The monoisotopic (exact) mass is 277 g/mol. The van der Waals surface area contributed by atoms with Gasteiger partial charge in [-0.15, -0.1) is 0 Å². The summed E-state index contributed by atoms with van der Waals surface area (Å²) in [6.07, 6.45) is -0.215. The van der Waals surface area contributed by atoms with Gasteiger partial charge < -0.3 is 14.8 Å². The van der Waals surface area contributed by atoms with Crippen molar-refractivity contribution < 1.29 is 23.9 Å². The summed E-state index contributed by atoms with van der Waals surface area (Å²) in [7, 11) is 0. The van der Waals surface area contributed by atoms with Gasteiger partial charge >= 0.3 is 11.9 Å². The van der Waals surface area contributed by atoms with Crippen LogP contribution in [0.5, 0.6) is 0 Å². The molecule has 0 saturated carbocycles. The SMILES string of the molecule is CC(=O)N[C@H]1C[C@@H](COC(=O)c2ccccc2)OC1=O. The number of hydrogen-bond donors (Lipinski definition) is 1. The topological polar surface area (TPSA) is 81.7 Å². The lowest BCUT2D eigenvalue weighted by Crippen LogP contribution is -2.36. The molecular formula is C14H15NO5. The third-order valence-corrected chi connectivity index (χ3v) is 2.85. The number of carbonyl (C=O) groups is 3. The van der Waals surface area contributed by atoms with E-state index in [1.165, 1.54) is 6.92 Å². The molecule has 6 nitrogen and oxygen atoms in total. The fourth-order valence-corrected chi connectivity index (χ4v) is 1.95. The summed E-state index contributed by atoms with van der Waals surface area (Å²) in [6, 6.07) is 7.89. The van der Waals surface area contributed by atoms with Gasteiger partial charge in [-0.3, -0.25) is 4.79 Å². The van der Waals surface area contributed by atoms with Gasteiger partial charge in [-0.05, 0) is 12.1 Å². The lowest BCUT2D eigenvalue weighted by molar-refractivity contribution is -0.145. The van der Waals surface area contributed by atoms with Gasteiger partial charge in [-0.2, -0.15) is 0 Å². The summed E-state index contributed by atoms with van der Waals surface area (Å²) in [5.41, 5.74) is 0.440. The van der Waals surface area contributed by atoms with Gasteiger partial charge in [0.2, 0.25) is 5.91 Å². The number of amides is 1. The predicted molar refractivity (Wildman–Crippen MR) is 68.8 cm³/mol. The molecule has 1 aliphatic heterocycles. The minimum absolute atomic E-state index is 0.0183. The first-order valence-electron chi connectivity index (χ1n) is 6.26. The molecule has 0 bridgehead atoms. The summed E-state index contributed by atoms with van der Waals surface area (Å²) in [4.78, 5) is 34.1. The van der Waals surface area contributed by atoms with Gasteiger partial charge in [0, 0.05) is 13.3 Å². The molecule has 1 saturated heterocycles. The van der Waals surface area contributed by atoms with Crippen LogP contribution in [0, 0.1) is 0 Å². The van der Waals surface area contributed by atoms with Crippen molar-refractivity contribution in [3.05, 3.63) is 35.9 Å². The van der Waals surface area contributed by atoms with E-state index >= 15 is 0 Å². The number of cyclic esters (lactones) is 1. The highest BCUT2D eigenvalue weighted by molar-refractivity contribution is 5.89. The molecule has 1 amide bonds. The van der Waals surface area contributed by atoms with Crippen LogP contribution in [0.2, 0.25) is 0 Å². The van der Waals surface area contributed by atoms with E-state index < -0.39 is 24.1 Å². The van der Waals surface area contributed by atoms with E-state index in [4.69, 9.17) is 9.47 Å². The van der Waals surface area contributed by atoms with Gasteiger partial charge in [-0.1, -0.05) is 18.2 Å². The molecule has 1 heterocycles. The Hall–Kier alpha value is -2.37. The lowest BCUT2D eigenvalue weighted by Gasteiger charge is -2.09. The maximum absolute atomic E-state index is 11.7. The van der Waals surface area contributed by atoms with Gasteiger partial charge in [0.15, 0.2) is 0 Å². The van der Waals surface area contributed by atoms with Gasteiger partial charge in [0.05, 0.1) is 5.56 Å². The Morgan fingerprint density at radius 3 is 2.70 bits per heavy atom. The standard InChI is InChI=1S/C14H15NO5/c1-9(16)15-12-7-11(20-14(12)18)8-19-13(17)10-5-3-2-4-6-10/h2-6,11-12H,7-8H2,1H3,(H,15,16)/t11-,12-/m0/s1. The average Bonchev–Trinajstić information content (AvgIpc) is 2.77. The first-order valence-corrected chi connectivity index (χ1v) is 6.26. The van der Waals surface area contributed by atoms with E-state index in [0.29, 0.717) is 12.0 Å². The van der Waals surface area contributed by atoms with Crippen LogP contribution >= 0.6 is 0 Å². The molecule has 1 aromatic carbocycles. The normalized spacial score (nSPS) is 21.1. The Labute approximate surface area is 116 Å². The Kier molecular flexibility index (Phi) is 4.34. The van der Waals surface area contributed by atoms with Crippen molar-refractivity contribution in [2.24, 2.45) is 0 Å². The van der Waals surface area contributed by atoms with Crippen molar-refractivity contribution in [1.29, 1.82) is 0 Å². The highest BCUT2D eigenvalue weighted by atomic mass is 16.6. The molecule has 6 heteroatoms. The van der Waals surface area contributed by atoms with Gasteiger partial charge in [0.1, 0.15) is 18.8 Å². The second-order valence-electron chi connectivity index (χ2n) is 4.51. The molecule has 106 valence electrons. The van der Waals surface area contributed by atoms with Crippen molar-refractivity contribution in [2.75, 3.05) is 6.61 Å². The fourth-order valence-electron chi connectivity index (χ4n) is 1.95. The van der Waals surface area contributed by atoms with Crippen molar-refractivity contribution in [3.8, 4) is 0 Å². The molecule has 2 atom stereocenters. The zero-order valence-electron chi connectivity index (χ0n) is 11.0. The summed E-state index contributed by atoms with van der Waals surface area (Å²) in [5.74, 6) is -1.26. The molecule has 1 N–H and O–H groups in total. The minimum atomic E-state index is -0.659. The first-order chi connectivity index (χ1) is 9.56. The molecule has 0 aromatic heterocycles. The highest BCUT2D eigenvalue weighted by Crippen LogP contribution is 2.16. The predicted octanol–water partition coefficient (Wildman–Crippen LogP) is 0.664. The zero-order chi connectivity index (χ0) is 14.5. The van der Waals surface area contributed by atoms with Crippen molar-refractivity contribution in [1.82, 2.24) is 5.32 Å². The van der Waals surface area contributed by atoms with Crippen LogP contribution in [0.15, 0.2) is 30.3 Å². The highest BCUT2D eigenvalue weighted by Gasteiger charge is 2.35. The largest absolute Gasteiger partial charge is 0.458 e. The third-order valence-electron chi connectivity index (χ3n) is 2.85. The number of benzene rings is 1. The second-order valence-corrected chi connectivity index (χ2v) is 4.51. The summed E-state index contributed by atoms with van der Waals surface area (Å²) >= 11 is 0. The second kappa shape index (κ2) is 6.18. The Morgan fingerprint density at radius 2 is 2.05 bits per heavy atom. The van der Waals surface area contributed by atoms with Crippen LogP contribution in [0.4, 0.5) is 0 Å². The summed E-state index contributed by atoms with van der Waals surface area (Å²) < 4.78 is 10.1. The Bertz CT molecular complexity index is 514. The van der Waals surface area contributed by atoms with Gasteiger partial charge in [0.25, 0.3) is 0 Å². The average molecular weight is 277 g/mol. The van der Waals surface area contributed by atoms with Crippen LogP contribution in [0.3, 0.4) is 0 Å². The maximum Gasteiger partial charge on any atom is 0.338 e. The van der Waals surface area contributed by atoms with Gasteiger partial charge in [-0.25, -0.2) is 9.59 Å². The molecular weight excluding hydrogens is 262 g/mol. The number of esters is 2. The van der Waals surface area contributed by atoms with Crippen LogP contribution in [-0.2, 0) is 19.1 Å². The quantitative estimate of drug-likeness (QED) is 0.818. The van der Waals surface area contributed by atoms with E-state index in [9.17, 15) is 14.4 Å². The van der Waals surface area contributed by atoms with E-state index in [1.54, 1.807) is 30.3 Å². The van der Waals surface area contributed by atoms with Crippen LogP contribution in [0.1, 0.15) is 23.7 Å². The van der Waals surface area contributed by atoms with Crippen LogP contribution in [-0.4, -0.2) is 36.6 Å². The third kappa shape index (κ3) is 3.57. The number of rotatable bonds is 4. The number of carbonyl (C=O) groups excluding carboxylic acids is 3. The van der Waals surface area contributed by atoms with E-state index in [0.717, 1.165) is 0 Å². The molecule has 1 aliphatic rings. The summed E-state index contributed by atoms with van der Waals surface area (Å²) in [6.45, 7) is 1.31. The van der Waals surface area contributed by atoms with Crippen LogP contribution in [0.25, 0.3) is 0 Å². The molecule has 0 spiro atoms. The number of nitrogens with one attached hydrogen (secondary N) is 1. The fraction of sp³-hybridized carbons (Fsp3) is 0.357. The molecule has 1 fully saturated rings. The first kappa shape index (κ1) is 14.0. The number of hydrogen-bond acceptors (Lipinski definition) is 5. The summed E-state index contributed by atoms with van der Waals surface area (Å²) in [5, 5.41) is 2.49. The minimum Gasteiger partial charge on any atom is -0.458 e. The number of ether oxygens (including phenoxy) is 2. The Morgan fingerprint density at radius 1 is 1.35 bits per heavy atom. The van der Waals surface area contributed by atoms with Crippen molar-refractivity contribution >= 4 is 17.8 Å².